The number of hydrogen-bond acceptors (Lipinski definition) is 6. The van der Waals surface area contributed by atoms with Crippen LogP contribution < -0.4 is 11.1 Å². The first-order valence-corrected chi connectivity index (χ1v) is 8.77. The second-order valence-corrected chi connectivity index (χ2v) is 7.62. The van der Waals surface area contributed by atoms with Gasteiger partial charge in [-0.1, -0.05) is 6.42 Å². The third-order valence-corrected chi connectivity index (χ3v) is 6.05. The van der Waals surface area contributed by atoms with Crippen LogP contribution in [0.15, 0.2) is 0 Å². The second kappa shape index (κ2) is 6.29. The standard InChI is InChI=1S/C15H27BN4O4/c17-12(15-7-10(15)4-2-6-19-15)20-8-11(3-1-5-16(23)24)14(18,9-20)13(21)22/h10-11,17,19,23-24H,1-9,18H2,(H,21,22)/t10?,11?,14-,15+/m0/s1. The second-order valence-electron chi connectivity index (χ2n) is 7.62. The predicted octanol–water partition coefficient (Wildman–Crippen LogP) is -0.927. The Labute approximate surface area is 142 Å². The number of carboxylic acid groups (broad SMARTS) is 1. The van der Waals surface area contributed by atoms with Crippen LogP contribution in [0.2, 0.25) is 6.32 Å². The van der Waals surface area contributed by atoms with Crippen LogP contribution in [0.3, 0.4) is 0 Å². The van der Waals surface area contributed by atoms with Crippen LogP contribution in [0.5, 0.6) is 0 Å². The van der Waals surface area contributed by atoms with Crippen LogP contribution in [0.1, 0.15) is 32.1 Å². The van der Waals surface area contributed by atoms with E-state index >= 15 is 0 Å². The Hall–Kier alpha value is -1.16. The van der Waals surface area contributed by atoms with Crippen molar-refractivity contribution in [1.82, 2.24) is 10.2 Å². The molecule has 8 nitrogen and oxygen atoms in total. The summed E-state index contributed by atoms with van der Waals surface area (Å²) in [6, 6.07) is 0. The number of nitrogens with two attached hydrogens (primary N) is 1. The van der Waals surface area contributed by atoms with E-state index in [1.165, 1.54) is 0 Å². The van der Waals surface area contributed by atoms with E-state index in [1.54, 1.807) is 0 Å². The van der Waals surface area contributed by atoms with Gasteiger partial charge in [0.2, 0.25) is 0 Å². The van der Waals surface area contributed by atoms with Gasteiger partial charge < -0.3 is 31.1 Å². The molecule has 0 radical (unpaired) electrons. The highest BCUT2D eigenvalue weighted by Crippen LogP contribution is 2.51. The fraction of sp³-hybridized carbons (Fsp3) is 0.867. The Kier molecular flexibility index (Phi) is 4.63. The van der Waals surface area contributed by atoms with E-state index in [0.29, 0.717) is 31.1 Å². The monoisotopic (exact) mass is 338 g/mol. The Morgan fingerprint density at radius 3 is 2.83 bits per heavy atom. The van der Waals surface area contributed by atoms with Gasteiger partial charge in [-0.3, -0.25) is 10.2 Å². The number of nitrogens with zero attached hydrogens (tertiary/aromatic N) is 1. The van der Waals surface area contributed by atoms with E-state index in [2.05, 4.69) is 5.32 Å². The van der Waals surface area contributed by atoms with Gasteiger partial charge >= 0.3 is 13.1 Å². The number of aliphatic carboxylic acids is 1. The summed E-state index contributed by atoms with van der Waals surface area (Å²) in [7, 11) is -1.38. The van der Waals surface area contributed by atoms with Crippen molar-refractivity contribution in [3.63, 3.8) is 0 Å². The topological polar surface area (TPSA) is 143 Å². The first kappa shape index (κ1) is 17.7. The molecule has 0 aromatic carbocycles. The number of likely N-dealkylation sites (tertiary alicyclic amines) is 1. The largest absolute Gasteiger partial charge is 0.480 e. The van der Waals surface area contributed by atoms with Gasteiger partial charge in [0, 0.05) is 19.0 Å². The van der Waals surface area contributed by atoms with Gasteiger partial charge in [-0.15, -0.1) is 0 Å². The molecule has 0 amide bonds. The quantitative estimate of drug-likeness (QED) is 0.209. The van der Waals surface area contributed by atoms with Crippen LogP contribution in [0.4, 0.5) is 0 Å². The SMILES string of the molecule is N=C(N1CC(CCCB(O)O)[C@](N)(C(=O)O)C1)[C@@]12CC1CCCN2. The molecule has 2 aliphatic heterocycles. The molecule has 2 unspecified atom stereocenters. The number of piperidine rings is 1. The van der Waals surface area contributed by atoms with Crippen LogP contribution in [-0.4, -0.2) is 69.7 Å². The summed E-state index contributed by atoms with van der Waals surface area (Å²) < 4.78 is 0. The zero-order chi connectivity index (χ0) is 17.5. The van der Waals surface area contributed by atoms with Gasteiger partial charge in [-0.25, -0.2) is 0 Å². The van der Waals surface area contributed by atoms with Gasteiger partial charge in [0.1, 0.15) is 11.4 Å². The van der Waals surface area contributed by atoms with Gasteiger partial charge in [-0.05, 0) is 44.5 Å². The number of rotatable bonds is 6. The normalized spacial score (nSPS) is 37.9. The van der Waals surface area contributed by atoms with E-state index < -0.39 is 18.6 Å². The number of carboxylic acids is 1. The third kappa shape index (κ3) is 2.94. The fourth-order valence-corrected chi connectivity index (χ4v) is 4.46. The third-order valence-electron chi connectivity index (χ3n) is 6.05. The van der Waals surface area contributed by atoms with Gasteiger partial charge in [0.15, 0.2) is 0 Å². The minimum Gasteiger partial charge on any atom is -0.480 e. The molecule has 1 aliphatic carbocycles. The average molecular weight is 338 g/mol. The molecule has 134 valence electrons. The minimum absolute atomic E-state index is 0.143. The molecule has 0 spiro atoms. The highest BCUT2D eigenvalue weighted by Gasteiger charge is 2.61. The molecule has 24 heavy (non-hydrogen) atoms. The highest BCUT2D eigenvalue weighted by atomic mass is 16.4. The number of nitrogens with one attached hydrogen (secondary N) is 2. The number of fused-ring (bicyclic) bond motifs is 1. The highest BCUT2D eigenvalue weighted by molar-refractivity contribution is 6.40. The van der Waals surface area contributed by atoms with Crippen molar-refractivity contribution in [2.75, 3.05) is 19.6 Å². The molecule has 3 aliphatic rings. The summed E-state index contributed by atoms with van der Waals surface area (Å²) in [5.41, 5.74) is 4.54. The van der Waals surface area contributed by atoms with Crippen molar-refractivity contribution < 1.29 is 19.9 Å². The average Bonchev–Trinajstić information content (AvgIpc) is 3.18. The summed E-state index contributed by atoms with van der Waals surface area (Å²) in [5, 5.41) is 39.6. The Morgan fingerprint density at radius 2 is 2.21 bits per heavy atom. The molecule has 2 saturated heterocycles. The molecule has 9 heteroatoms. The van der Waals surface area contributed by atoms with Crippen LogP contribution in [0.25, 0.3) is 0 Å². The molecule has 0 aromatic rings. The Bertz CT molecular complexity index is 534. The minimum atomic E-state index is -1.39. The van der Waals surface area contributed by atoms with Crippen molar-refractivity contribution in [1.29, 1.82) is 5.41 Å². The van der Waals surface area contributed by atoms with Gasteiger partial charge in [0.05, 0.1) is 5.54 Å². The molecular weight excluding hydrogens is 311 g/mol. The van der Waals surface area contributed by atoms with Crippen LogP contribution in [-0.2, 0) is 4.79 Å². The maximum Gasteiger partial charge on any atom is 0.451 e. The lowest BCUT2D eigenvalue weighted by Crippen LogP contribution is -2.56. The van der Waals surface area contributed by atoms with E-state index in [9.17, 15) is 9.90 Å². The van der Waals surface area contributed by atoms with Crippen molar-refractivity contribution in [3.05, 3.63) is 0 Å². The van der Waals surface area contributed by atoms with Crippen LogP contribution >= 0.6 is 0 Å². The summed E-state index contributed by atoms with van der Waals surface area (Å²) in [5.74, 6) is -0.382. The van der Waals surface area contributed by atoms with E-state index in [4.69, 9.17) is 21.2 Å². The first-order chi connectivity index (χ1) is 11.3. The Morgan fingerprint density at radius 1 is 1.46 bits per heavy atom. The molecular formula is C15H27BN4O4. The maximum atomic E-state index is 11.7. The lowest BCUT2D eigenvalue weighted by atomic mass is 9.78. The maximum absolute atomic E-state index is 11.7. The van der Waals surface area contributed by atoms with Crippen LogP contribution in [0, 0.1) is 17.2 Å². The van der Waals surface area contributed by atoms with E-state index in [1.807, 2.05) is 4.90 Å². The molecule has 0 bridgehead atoms. The number of amidine groups is 1. The van der Waals surface area contributed by atoms with Crippen molar-refractivity contribution in [3.8, 4) is 0 Å². The zero-order valence-electron chi connectivity index (χ0n) is 13.9. The lowest BCUT2D eigenvalue weighted by Gasteiger charge is -2.31. The molecule has 2 heterocycles. The molecule has 4 atom stereocenters. The van der Waals surface area contributed by atoms with Crippen molar-refractivity contribution in [2.24, 2.45) is 17.6 Å². The molecule has 3 fully saturated rings. The summed E-state index contributed by atoms with van der Waals surface area (Å²) in [6.07, 6.45) is 4.41. The molecule has 1 saturated carbocycles. The van der Waals surface area contributed by atoms with E-state index in [0.717, 1.165) is 25.8 Å². The molecule has 3 rings (SSSR count). The predicted molar refractivity (Wildman–Crippen MR) is 89.7 cm³/mol. The fourth-order valence-electron chi connectivity index (χ4n) is 4.46. The smallest absolute Gasteiger partial charge is 0.451 e. The summed E-state index contributed by atoms with van der Waals surface area (Å²) in [6.45, 7) is 1.49. The zero-order valence-corrected chi connectivity index (χ0v) is 13.9. The number of hydrogen-bond donors (Lipinski definition) is 6. The Balaban J connectivity index is 1.68. The van der Waals surface area contributed by atoms with Crippen molar-refractivity contribution in [2.45, 2.75) is 49.5 Å². The summed E-state index contributed by atoms with van der Waals surface area (Å²) >= 11 is 0. The van der Waals surface area contributed by atoms with Gasteiger partial charge in [0.25, 0.3) is 0 Å². The first-order valence-electron chi connectivity index (χ1n) is 8.77. The molecule has 7 N–H and O–H groups in total. The van der Waals surface area contributed by atoms with Gasteiger partial charge in [-0.2, -0.15) is 0 Å². The molecule has 0 aromatic heterocycles. The summed E-state index contributed by atoms with van der Waals surface area (Å²) in [4.78, 5) is 13.6. The lowest BCUT2D eigenvalue weighted by molar-refractivity contribution is -0.144. The number of carbonyl (C=O) groups is 1. The van der Waals surface area contributed by atoms with Crippen molar-refractivity contribution >= 4 is 18.9 Å². The van der Waals surface area contributed by atoms with E-state index in [-0.39, 0.29) is 24.3 Å².